The number of hydrogen-bond donors (Lipinski definition) is 1. The van der Waals surface area contributed by atoms with E-state index in [9.17, 15) is 0 Å². The molecule has 0 amide bonds. The molecule has 2 N–H and O–H groups in total. The molecule has 1 unspecified atom stereocenters. The van der Waals surface area contributed by atoms with Gasteiger partial charge in [0.25, 0.3) is 0 Å². The molecular weight excluding hydrogens is 160 g/mol. The quantitative estimate of drug-likeness (QED) is 0.664. The average Bonchev–Trinajstić information content (AvgIpc) is 2.52. The Kier molecular flexibility index (Phi) is 2.13. The van der Waals surface area contributed by atoms with Gasteiger partial charge in [-0.05, 0) is 30.5 Å². The van der Waals surface area contributed by atoms with Crippen molar-refractivity contribution in [3.63, 3.8) is 0 Å². The maximum Gasteiger partial charge on any atom is 0.0386 e. The number of nitrogens with two attached hydrogens (primary N) is 1. The Morgan fingerprint density at radius 3 is 2.92 bits per heavy atom. The lowest BCUT2D eigenvalue weighted by Gasteiger charge is -2.18. The fourth-order valence-corrected chi connectivity index (χ4v) is 1.89. The molecule has 1 atom stereocenters. The molecule has 13 heavy (non-hydrogen) atoms. The predicted octanol–water partition coefficient (Wildman–Crippen LogP) is 2.12. The first-order valence-corrected chi connectivity index (χ1v) is 4.86. The van der Waals surface area contributed by atoms with Gasteiger partial charge in [-0.3, -0.25) is 0 Å². The highest BCUT2D eigenvalue weighted by Crippen LogP contribution is 2.24. The Hall–Kier alpha value is -1.18. The molecule has 0 aliphatic carbocycles. The minimum absolute atomic E-state index is 0.821. The molecule has 1 aliphatic heterocycles. The van der Waals surface area contributed by atoms with Crippen LogP contribution in [0.3, 0.4) is 0 Å². The van der Waals surface area contributed by atoms with Crippen LogP contribution in [0.5, 0.6) is 0 Å². The van der Waals surface area contributed by atoms with E-state index < -0.39 is 0 Å². The molecule has 1 aliphatic rings. The van der Waals surface area contributed by atoms with E-state index in [1.807, 2.05) is 12.1 Å². The second-order valence-corrected chi connectivity index (χ2v) is 3.93. The number of rotatable bonds is 1. The minimum Gasteiger partial charge on any atom is -0.399 e. The first-order chi connectivity index (χ1) is 6.25. The van der Waals surface area contributed by atoms with E-state index in [4.69, 9.17) is 5.73 Å². The summed E-state index contributed by atoms with van der Waals surface area (Å²) in [7, 11) is 0. The number of hydrogen-bond acceptors (Lipinski definition) is 2. The van der Waals surface area contributed by atoms with Crippen LogP contribution in [-0.2, 0) is 0 Å². The third-order valence-electron chi connectivity index (χ3n) is 2.66. The number of anilines is 2. The zero-order valence-electron chi connectivity index (χ0n) is 8.03. The average molecular weight is 176 g/mol. The van der Waals surface area contributed by atoms with E-state index >= 15 is 0 Å². The molecule has 2 heteroatoms. The van der Waals surface area contributed by atoms with Crippen molar-refractivity contribution in [1.29, 1.82) is 0 Å². The molecule has 2 rings (SSSR count). The van der Waals surface area contributed by atoms with Gasteiger partial charge in [0.2, 0.25) is 0 Å². The fourth-order valence-electron chi connectivity index (χ4n) is 1.89. The Morgan fingerprint density at radius 2 is 2.31 bits per heavy atom. The summed E-state index contributed by atoms with van der Waals surface area (Å²) in [4.78, 5) is 2.40. The first-order valence-electron chi connectivity index (χ1n) is 4.86. The van der Waals surface area contributed by atoms with Crippen molar-refractivity contribution >= 4 is 11.4 Å². The summed E-state index contributed by atoms with van der Waals surface area (Å²) < 4.78 is 0. The van der Waals surface area contributed by atoms with Gasteiger partial charge in [0.05, 0.1) is 0 Å². The summed E-state index contributed by atoms with van der Waals surface area (Å²) in [6.45, 7) is 4.64. The predicted molar refractivity (Wildman–Crippen MR) is 56.8 cm³/mol. The lowest BCUT2D eigenvalue weighted by Crippen LogP contribution is -2.18. The van der Waals surface area contributed by atoms with Crippen LogP contribution in [0.25, 0.3) is 0 Å². The topological polar surface area (TPSA) is 29.3 Å². The van der Waals surface area contributed by atoms with Gasteiger partial charge < -0.3 is 10.6 Å². The summed E-state index contributed by atoms with van der Waals surface area (Å²) in [6.07, 6.45) is 1.30. The van der Waals surface area contributed by atoms with Crippen molar-refractivity contribution in [3.05, 3.63) is 24.3 Å². The van der Waals surface area contributed by atoms with E-state index in [0.29, 0.717) is 0 Å². The molecule has 0 radical (unpaired) electrons. The van der Waals surface area contributed by atoms with Gasteiger partial charge in [0, 0.05) is 24.5 Å². The molecule has 0 saturated carbocycles. The van der Waals surface area contributed by atoms with Gasteiger partial charge >= 0.3 is 0 Å². The zero-order chi connectivity index (χ0) is 9.26. The van der Waals surface area contributed by atoms with Gasteiger partial charge in [0.15, 0.2) is 0 Å². The zero-order valence-corrected chi connectivity index (χ0v) is 8.03. The minimum atomic E-state index is 0.821. The van der Waals surface area contributed by atoms with Crippen LogP contribution in [0.4, 0.5) is 11.4 Å². The largest absolute Gasteiger partial charge is 0.399 e. The van der Waals surface area contributed by atoms with Crippen LogP contribution in [0.1, 0.15) is 13.3 Å². The summed E-state index contributed by atoms with van der Waals surface area (Å²) in [5.74, 6) is 0.821. The Labute approximate surface area is 79.4 Å². The summed E-state index contributed by atoms with van der Waals surface area (Å²) in [5.41, 5.74) is 7.86. The normalized spacial score (nSPS) is 22.2. The SMILES string of the molecule is CC1CCN(c2cccc(N)c2)C1. The van der Waals surface area contributed by atoms with Gasteiger partial charge in [-0.15, -0.1) is 0 Å². The first kappa shape index (κ1) is 8.42. The number of nitrogens with zero attached hydrogens (tertiary/aromatic N) is 1. The second kappa shape index (κ2) is 3.29. The van der Waals surface area contributed by atoms with Gasteiger partial charge in [0.1, 0.15) is 0 Å². The molecule has 0 spiro atoms. The van der Waals surface area contributed by atoms with Crippen LogP contribution in [0.2, 0.25) is 0 Å². The molecule has 1 heterocycles. The third-order valence-corrected chi connectivity index (χ3v) is 2.66. The summed E-state index contributed by atoms with van der Waals surface area (Å²) >= 11 is 0. The van der Waals surface area contributed by atoms with Gasteiger partial charge in [-0.2, -0.15) is 0 Å². The molecule has 70 valence electrons. The fraction of sp³-hybridized carbons (Fsp3) is 0.455. The molecule has 0 aromatic heterocycles. The maximum absolute atomic E-state index is 5.73. The van der Waals surface area contributed by atoms with Crippen molar-refractivity contribution in [1.82, 2.24) is 0 Å². The van der Waals surface area contributed by atoms with E-state index in [-0.39, 0.29) is 0 Å². The molecule has 1 aromatic carbocycles. The summed E-state index contributed by atoms with van der Waals surface area (Å²) in [5, 5.41) is 0. The molecular formula is C11H16N2. The Morgan fingerprint density at radius 1 is 1.46 bits per heavy atom. The third kappa shape index (κ3) is 1.77. The van der Waals surface area contributed by atoms with Crippen LogP contribution in [0, 0.1) is 5.92 Å². The van der Waals surface area contributed by atoms with Crippen LogP contribution in [-0.4, -0.2) is 13.1 Å². The lowest BCUT2D eigenvalue weighted by atomic mass is 10.2. The van der Waals surface area contributed by atoms with Crippen molar-refractivity contribution in [3.8, 4) is 0 Å². The van der Waals surface area contributed by atoms with E-state index in [0.717, 1.165) is 11.6 Å². The number of benzene rings is 1. The van der Waals surface area contributed by atoms with E-state index in [2.05, 4.69) is 24.0 Å². The monoisotopic (exact) mass is 176 g/mol. The van der Waals surface area contributed by atoms with Crippen molar-refractivity contribution in [2.75, 3.05) is 23.7 Å². The molecule has 0 bridgehead atoms. The molecule has 2 nitrogen and oxygen atoms in total. The smallest absolute Gasteiger partial charge is 0.0386 e. The lowest BCUT2D eigenvalue weighted by molar-refractivity contribution is 0.659. The van der Waals surface area contributed by atoms with Gasteiger partial charge in [-0.25, -0.2) is 0 Å². The second-order valence-electron chi connectivity index (χ2n) is 3.93. The highest BCUT2D eigenvalue weighted by Gasteiger charge is 2.18. The Bertz CT molecular complexity index is 296. The van der Waals surface area contributed by atoms with Crippen LogP contribution < -0.4 is 10.6 Å². The van der Waals surface area contributed by atoms with Crippen molar-refractivity contribution in [2.45, 2.75) is 13.3 Å². The molecule has 1 saturated heterocycles. The molecule has 1 fully saturated rings. The summed E-state index contributed by atoms with van der Waals surface area (Å²) in [6, 6.07) is 8.14. The Balaban J connectivity index is 2.16. The standard InChI is InChI=1S/C11H16N2/c1-9-5-6-13(8-9)11-4-2-3-10(12)7-11/h2-4,7,9H,5-6,8,12H2,1H3. The van der Waals surface area contributed by atoms with Crippen LogP contribution >= 0.6 is 0 Å². The van der Waals surface area contributed by atoms with Crippen LogP contribution in [0.15, 0.2) is 24.3 Å². The van der Waals surface area contributed by atoms with Gasteiger partial charge in [-0.1, -0.05) is 13.0 Å². The number of nitrogen functional groups attached to an aromatic ring is 1. The molecule has 1 aromatic rings. The maximum atomic E-state index is 5.73. The van der Waals surface area contributed by atoms with E-state index in [1.54, 1.807) is 0 Å². The van der Waals surface area contributed by atoms with Crippen molar-refractivity contribution < 1.29 is 0 Å². The highest BCUT2D eigenvalue weighted by molar-refractivity contribution is 5.56. The van der Waals surface area contributed by atoms with Crippen molar-refractivity contribution in [2.24, 2.45) is 5.92 Å². The van der Waals surface area contributed by atoms with E-state index in [1.165, 1.54) is 25.2 Å². The highest BCUT2D eigenvalue weighted by atomic mass is 15.1.